The van der Waals surface area contributed by atoms with Crippen molar-refractivity contribution in [2.45, 2.75) is 19.8 Å². The lowest BCUT2D eigenvalue weighted by atomic mass is 10.3. The van der Waals surface area contributed by atoms with E-state index in [0.717, 1.165) is 32.9 Å². The summed E-state index contributed by atoms with van der Waals surface area (Å²) >= 11 is 2.80. The Bertz CT molecular complexity index is 963. The molecule has 0 bridgehead atoms. The fraction of sp³-hybridized carbons (Fsp3) is 0.263. The van der Waals surface area contributed by atoms with E-state index in [0.29, 0.717) is 11.4 Å². The van der Waals surface area contributed by atoms with Crippen LogP contribution in [0.5, 0.6) is 0 Å². The maximum Gasteiger partial charge on any atom is 0.348 e. The van der Waals surface area contributed by atoms with Gasteiger partial charge in [0.05, 0.1) is 15.1 Å². The third-order valence-corrected chi connectivity index (χ3v) is 5.99. The van der Waals surface area contributed by atoms with Gasteiger partial charge in [0.2, 0.25) is 0 Å². The molecule has 3 amide bonds. The fourth-order valence-corrected chi connectivity index (χ4v) is 4.25. The minimum atomic E-state index is -0.676. The molecule has 28 heavy (non-hydrogen) atoms. The van der Waals surface area contributed by atoms with Crippen LogP contribution in [0.3, 0.4) is 0 Å². The molecular formula is C19H19N3O4S2. The Morgan fingerprint density at radius 2 is 1.93 bits per heavy atom. The molecule has 0 atom stereocenters. The van der Waals surface area contributed by atoms with Gasteiger partial charge in [-0.05, 0) is 30.7 Å². The van der Waals surface area contributed by atoms with Crippen molar-refractivity contribution in [2.75, 3.05) is 13.2 Å². The van der Waals surface area contributed by atoms with Gasteiger partial charge in [0.1, 0.15) is 9.88 Å². The number of nitrogens with one attached hydrogen (secondary N) is 2. The van der Waals surface area contributed by atoms with E-state index in [2.05, 4.69) is 15.6 Å². The highest BCUT2D eigenvalue weighted by molar-refractivity contribution is 7.26. The fourth-order valence-electron chi connectivity index (χ4n) is 2.33. The highest BCUT2D eigenvalue weighted by atomic mass is 32.1. The number of urea groups is 1. The van der Waals surface area contributed by atoms with Crippen LogP contribution in [0.2, 0.25) is 0 Å². The van der Waals surface area contributed by atoms with Gasteiger partial charge in [-0.15, -0.1) is 22.7 Å². The molecule has 2 N–H and O–H groups in total. The minimum Gasteiger partial charge on any atom is -0.451 e. The number of hydrogen-bond acceptors (Lipinski definition) is 7. The molecule has 0 unspecified atom stereocenters. The first-order valence-electron chi connectivity index (χ1n) is 8.77. The number of benzene rings is 1. The minimum absolute atomic E-state index is 0.370. The third kappa shape index (κ3) is 5.14. The zero-order valence-corrected chi connectivity index (χ0v) is 16.8. The average Bonchev–Trinajstić information content (AvgIpc) is 3.33. The van der Waals surface area contributed by atoms with Crippen molar-refractivity contribution in [1.29, 1.82) is 0 Å². The lowest BCUT2D eigenvalue weighted by molar-refractivity contribution is -0.123. The highest BCUT2D eigenvalue weighted by Gasteiger charge is 2.16. The molecule has 0 spiro atoms. The molecule has 3 rings (SSSR count). The summed E-state index contributed by atoms with van der Waals surface area (Å²) in [5.74, 6) is -1.29. The first-order valence-corrected chi connectivity index (χ1v) is 10.4. The Labute approximate surface area is 169 Å². The Kier molecular flexibility index (Phi) is 6.72. The second kappa shape index (κ2) is 9.43. The van der Waals surface area contributed by atoms with Gasteiger partial charge in [-0.2, -0.15) is 0 Å². The van der Waals surface area contributed by atoms with Crippen LogP contribution < -0.4 is 10.6 Å². The average molecular weight is 418 g/mol. The normalized spacial score (nSPS) is 10.6. The molecular weight excluding hydrogens is 398 g/mol. The number of hydrogen-bond donors (Lipinski definition) is 2. The van der Waals surface area contributed by atoms with Crippen LogP contribution in [0.15, 0.2) is 36.4 Å². The monoisotopic (exact) mass is 417 g/mol. The van der Waals surface area contributed by atoms with Gasteiger partial charge in [0.25, 0.3) is 5.91 Å². The van der Waals surface area contributed by atoms with Gasteiger partial charge >= 0.3 is 12.0 Å². The summed E-state index contributed by atoms with van der Waals surface area (Å²) in [5.41, 5.74) is 0.911. The molecule has 146 valence electrons. The van der Waals surface area contributed by atoms with Crippen molar-refractivity contribution in [3.63, 3.8) is 0 Å². The zero-order chi connectivity index (χ0) is 19.9. The summed E-state index contributed by atoms with van der Waals surface area (Å²) in [4.78, 5) is 41.1. The highest BCUT2D eigenvalue weighted by Crippen LogP contribution is 2.34. The maximum absolute atomic E-state index is 12.2. The zero-order valence-electron chi connectivity index (χ0n) is 15.2. The predicted molar refractivity (Wildman–Crippen MR) is 110 cm³/mol. The molecule has 2 aromatic heterocycles. The lowest BCUT2D eigenvalue weighted by Crippen LogP contribution is -2.41. The van der Waals surface area contributed by atoms with E-state index in [1.54, 1.807) is 23.5 Å². The van der Waals surface area contributed by atoms with Crippen molar-refractivity contribution in [2.24, 2.45) is 0 Å². The largest absolute Gasteiger partial charge is 0.451 e. The van der Waals surface area contributed by atoms with E-state index in [-0.39, 0.29) is 0 Å². The topological polar surface area (TPSA) is 97.4 Å². The third-order valence-electron chi connectivity index (χ3n) is 3.72. The number of imide groups is 1. The second-order valence-corrected chi connectivity index (χ2v) is 8.00. The van der Waals surface area contributed by atoms with Gasteiger partial charge < -0.3 is 10.1 Å². The number of thiazole rings is 1. The van der Waals surface area contributed by atoms with E-state index in [1.807, 2.05) is 31.2 Å². The summed E-state index contributed by atoms with van der Waals surface area (Å²) in [5, 5.41) is 5.50. The van der Waals surface area contributed by atoms with E-state index < -0.39 is 24.5 Å². The van der Waals surface area contributed by atoms with Crippen LogP contribution in [0.4, 0.5) is 4.79 Å². The van der Waals surface area contributed by atoms with Gasteiger partial charge in [-0.25, -0.2) is 14.6 Å². The summed E-state index contributed by atoms with van der Waals surface area (Å²) in [6.45, 7) is 1.96. The molecule has 7 nitrogen and oxygen atoms in total. The number of esters is 1. The summed E-state index contributed by atoms with van der Waals surface area (Å²) < 4.78 is 6.06. The number of nitrogens with zero attached hydrogens (tertiary/aromatic N) is 1. The number of carbonyl (C=O) groups excluding carboxylic acids is 3. The number of fused-ring (bicyclic) bond motifs is 1. The van der Waals surface area contributed by atoms with Crippen molar-refractivity contribution in [3.8, 4) is 9.88 Å². The van der Waals surface area contributed by atoms with Gasteiger partial charge in [-0.3, -0.25) is 10.1 Å². The van der Waals surface area contributed by atoms with Crippen LogP contribution in [-0.2, 0) is 9.53 Å². The van der Waals surface area contributed by atoms with Gasteiger partial charge in [0, 0.05) is 6.54 Å². The molecule has 1 aromatic carbocycles. The van der Waals surface area contributed by atoms with E-state index >= 15 is 0 Å². The Hall–Kier alpha value is -2.78. The number of rotatable bonds is 7. The van der Waals surface area contributed by atoms with Crippen LogP contribution in [-0.4, -0.2) is 36.0 Å². The van der Waals surface area contributed by atoms with Crippen LogP contribution in [0, 0.1) is 0 Å². The Morgan fingerprint density at radius 1 is 1.11 bits per heavy atom. The van der Waals surface area contributed by atoms with Crippen molar-refractivity contribution in [3.05, 3.63) is 41.3 Å². The van der Waals surface area contributed by atoms with Crippen LogP contribution >= 0.6 is 22.7 Å². The predicted octanol–water partition coefficient (Wildman–Crippen LogP) is 3.81. The molecule has 0 aliphatic rings. The number of thiophene rings is 1. The van der Waals surface area contributed by atoms with Crippen molar-refractivity contribution in [1.82, 2.24) is 15.6 Å². The van der Waals surface area contributed by atoms with Gasteiger partial charge in [-0.1, -0.05) is 25.5 Å². The van der Waals surface area contributed by atoms with Gasteiger partial charge in [0.15, 0.2) is 6.61 Å². The summed E-state index contributed by atoms with van der Waals surface area (Å²) in [6.07, 6.45) is 1.76. The number of aromatic nitrogens is 1. The molecule has 0 aliphatic heterocycles. The molecule has 0 saturated carbocycles. The number of unbranched alkanes of at least 4 members (excludes halogenated alkanes) is 1. The quantitative estimate of drug-likeness (QED) is 0.450. The lowest BCUT2D eigenvalue weighted by Gasteiger charge is -2.06. The number of ether oxygens (including phenoxy) is 1. The van der Waals surface area contributed by atoms with E-state index in [9.17, 15) is 14.4 Å². The first-order chi connectivity index (χ1) is 13.6. The molecule has 2 heterocycles. The smallest absolute Gasteiger partial charge is 0.348 e. The second-order valence-electron chi connectivity index (χ2n) is 5.88. The SMILES string of the molecule is CCCCNC(=O)NC(=O)COC(=O)c1ccc(-c2nc3ccccc3s2)s1. The number of carbonyl (C=O) groups is 3. The molecule has 0 saturated heterocycles. The van der Waals surface area contributed by atoms with E-state index in [4.69, 9.17) is 4.74 Å². The number of amides is 3. The maximum atomic E-state index is 12.2. The van der Waals surface area contributed by atoms with Crippen molar-refractivity contribution >= 4 is 50.8 Å². The summed E-state index contributed by atoms with van der Waals surface area (Å²) in [7, 11) is 0. The number of para-hydroxylation sites is 1. The van der Waals surface area contributed by atoms with Crippen LogP contribution in [0.25, 0.3) is 20.1 Å². The Morgan fingerprint density at radius 3 is 2.71 bits per heavy atom. The molecule has 0 radical (unpaired) electrons. The molecule has 9 heteroatoms. The first kappa shape index (κ1) is 20.0. The molecule has 0 fully saturated rings. The van der Waals surface area contributed by atoms with Crippen molar-refractivity contribution < 1.29 is 19.1 Å². The molecule has 0 aliphatic carbocycles. The van der Waals surface area contributed by atoms with E-state index in [1.165, 1.54) is 11.3 Å². The summed E-state index contributed by atoms with van der Waals surface area (Å²) in [6, 6.07) is 10.7. The van der Waals surface area contributed by atoms with Crippen LogP contribution in [0.1, 0.15) is 29.4 Å². The molecule has 3 aromatic rings. The Balaban J connectivity index is 1.53. The standard InChI is InChI=1S/C19H19N3O4S2/c1-2-3-10-20-19(25)22-16(23)11-26-18(24)15-9-8-14(27-15)17-21-12-6-4-5-7-13(12)28-17/h4-9H,2-3,10-11H2,1H3,(H2,20,22,23,25).